The zero-order valence-electron chi connectivity index (χ0n) is 16.9. The van der Waals surface area contributed by atoms with Gasteiger partial charge in [-0.3, -0.25) is 14.4 Å². The number of sulfonamides is 1. The number of hydrogen-bond acceptors (Lipinski definition) is 5. The van der Waals surface area contributed by atoms with Crippen molar-refractivity contribution in [3.8, 4) is 0 Å². The van der Waals surface area contributed by atoms with Gasteiger partial charge in [-0.05, 0) is 44.9 Å². The molecular formula is C19H32N2O7S. The van der Waals surface area contributed by atoms with Gasteiger partial charge in [0.2, 0.25) is 15.9 Å². The second kappa shape index (κ2) is 9.88. The first-order chi connectivity index (χ1) is 13.6. The highest BCUT2D eigenvalue weighted by atomic mass is 32.2. The van der Waals surface area contributed by atoms with Crippen LogP contribution in [0.15, 0.2) is 0 Å². The van der Waals surface area contributed by atoms with Crippen molar-refractivity contribution in [2.45, 2.75) is 83.2 Å². The number of carboxylic acids is 2. The Balaban J connectivity index is 2.11. The Kier molecular flexibility index (Phi) is 8.04. The van der Waals surface area contributed by atoms with Gasteiger partial charge in [0.1, 0.15) is 6.04 Å². The zero-order chi connectivity index (χ0) is 21.7. The third kappa shape index (κ3) is 6.40. The van der Waals surface area contributed by atoms with Crippen LogP contribution < -0.4 is 10.0 Å². The molecule has 3 unspecified atom stereocenters. The van der Waals surface area contributed by atoms with E-state index in [0.717, 1.165) is 12.8 Å². The van der Waals surface area contributed by atoms with Crippen LogP contribution in [0.25, 0.3) is 0 Å². The molecule has 0 spiro atoms. The number of nitrogens with one attached hydrogen (secondary N) is 2. The third-order valence-corrected chi connectivity index (χ3v) is 7.68. The van der Waals surface area contributed by atoms with Crippen molar-refractivity contribution in [1.29, 1.82) is 0 Å². The maximum Gasteiger partial charge on any atom is 0.321 e. The van der Waals surface area contributed by atoms with Gasteiger partial charge in [0.05, 0.1) is 17.1 Å². The molecule has 0 heterocycles. The van der Waals surface area contributed by atoms with Crippen LogP contribution in [-0.4, -0.2) is 54.3 Å². The Morgan fingerprint density at radius 1 is 1.10 bits per heavy atom. The molecule has 9 nitrogen and oxygen atoms in total. The van der Waals surface area contributed by atoms with Crippen molar-refractivity contribution >= 4 is 27.9 Å². The molecule has 2 aliphatic carbocycles. The summed E-state index contributed by atoms with van der Waals surface area (Å²) in [5.41, 5.74) is -0.950. The lowest BCUT2D eigenvalue weighted by Crippen LogP contribution is -2.51. The molecule has 3 atom stereocenters. The Labute approximate surface area is 171 Å². The SMILES string of the molecule is CCCS(=O)(=O)NC(CC1(C(=O)NC2CCCC(C(=O)O)C2)CCCC1)C(=O)O. The quantitative estimate of drug-likeness (QED) is 0.408. The molecule has 166 valence electrons. The van der Waals surface area contributed by atoms with E-state index in [2.05, 4.69) is 10.0 Å². The molecule has 0 bridgehead atoms. The number of aliphatic carboxylic acids is 2. The minimum Gasteiger partial charge on any atom is -0.481 e. The second-order valence-corrected chi connectivity index (χ2v) is 10.3. The topological polar surface area (TPSA) is 150 Å². The Hall–Kier alpha value is -1.68. The number of hydrogen-bond donors (Lipinski definition) is 4. The summed E-state index contributed by atoms with van der Waals surface area (Å²) in [7, 11) is -3.74. The summed E-state index contributed by atoms with van der Waals surface area (Å²) in [5, 5.41) is 21.7. The fraction of sp³-hybridized carbons (Fsp3) is 0.842. The summed E-state index contributed by atoms with van der Waals surface area (Å²) < 4.78 is 26.4. The van der Waals surface area contributed by atoms with Crippen molar-refractivity contribution in [1.82, 2.24) is 10.0 Å². The van der Waals surface area contributed by atoms with E-state index in [9.17, 15) is 33.0 Å². The van der Waals surface area contributed by atoms with E-state index < -0.39 is 39.3 Å². The summed E-state index contributed by atoms with van der Waals surface area (Å²) in [6, 6.07) is -1.62. The summed E-state index contributed by atoms with van der Waals surface area (Å²) >= 11 is 0. The smallest absolute Gasteiger partial charge is 0.321 e. The summed E-state index contributed by atoms with van der Waals surface area (Å²) in [4.78, 5) is 36.1. The van der Waals surface area contributed by atoms with E-state index in [1.165, 1.54) is 0 Å². The Bertz CT molecular complexity index is 716. The Morgan fingerprint density at radius 3 is 2.31 bits per heavy atom. The maximum atomic E-state index is 13.1. The fourth-order valence-corrected chi connectivity index (χ4v) is 5.85. The van der Waals surface area contributed by atoms with Crippen molar-refractivity contribution in [3.63, 3.8) is 0 Å². The van der Waals surface area contributed by atoms with Gasteiger partial charge in [0, 0.05) is 6.04 Å². The molecule has 4 N–H and O–H groups in total. The van der Waals surface area contributed by atoms with Gasteiger partial charge >= 0.3 is 11.9 Å². The average Bonchev–Trinajstić information content (AvgIpc) is 3.11. The van der Waals surface area contributed by atoms with Crippen LogP contribution in [0, 0.1) is 11.3 Å². The molecule has 2 aliphatic rings. The number of carbonyl (C=O) groups is 3. The molecule has 0 aromatic rings. The molecule has 1 amide bonds. The minimum atomic E-state index is -3.74. The molecule has 0 aromatic heterocycles. The second-order valence-electron chi connectivity index (χ2n) is 8.39. The first kappa shape index (κ1) is 23.6. The number of rotatable bonds is 10. The van der Waals surface area contributed by atoms with E-state index in [1.54, 1.807) is 6.92 Å². The van der Waals surface area contributed by atoms with Gasteiger partial charge in [-0.2, -0.15) is 0 Å². The van der Waals surface area contributed by atoms with Gasteiger partial charge < -0.3 is 15.5 Å². The van der Waals surface area contributed by atoms with E-state index in [-0.39, 0.29) is 24.1 Å². The van der Waals surface area contributed by atoms with Crippen molar-refractivity contribution in [3.05, 3.63) is 0 Å². The highest BCUT2D eigenvalue weighted by Crippen LogP contribution is 2.43. The zero-order valence-corrected chi connectivity index (χ0v) is 17.7. The van der Waals surface area contributed by atoms with Crippen LogP contribution in [0.5, 0.6) is 0 Å². The lowest BCUT2D eigenvalue weighted by atomic mass is 9.78. The third-order valence-electron chi connectivity index (χ3n) is 6.09. The lowest BCUT2D eigenvalue weighted by Gasteiger charge is -2.34. The fourth-order valence-electron chi connectivity index (χ4n) is 4.57. The summed E-state index contributed by atoms with van der Waals surface area (Å²) in [6.07, 6.45) is 5.14. The molecule has 2 fully saturated rings. The van der Waals surface area contributed by atoms with E-state index in [4.69, 9.17) is 0 Å². The number of carboxylic acid groups (broad SMARTS) is 2. The van der Waals surface area contributed by atoms with Gasteiger partial charge in [0.25, 0.3) is 0 Å². The molecular weight excluding hydrogens is 400 g/mol. The highest BCUT2D eigenvalue weighted by molar-refractivity contribution is 7.89. The molecule has 2 rings (SSSR count). The average molecular weight is 433 g/mol. The molecule has 0 saturated heterocycles. The normalized spacial score (nSPS) is 25.3. The molecule has 2 saturated carbocycles. The van der Waals surface area contributed by atoms with Crippen LogP contribution in [0.4, 0.5) is 0 Å². The lowest BCUT2D eigenvalue weighted by molar-refractivity contribution is -0.145. The van der Waals surface area contributed by atoms with E-state index in [1.807, 2.05) is 0 Å². The standard InChI is InChI=1S/C19H32N2O7S/c1-2-10-29(27,28)21-15(17(24)25)12-19(8-3-4-9-19)18(26)20-14-7-5-6-13(11-14)16(22)23/h13-15,21H,2-12H2,1H3,(H,20,26)(H,22,23)(H,24,25). The first-order valence-corrected chi connectivity index (χ1v) is 12.0. The predicted molar refractivity (Wildman–Crippen MR) is 106 cm³/mol. The maximum absolute atomic E-state index is 13.1. The van der Waals surface area contributed by atoms with E-state index >= 15 is 0 Å². The van der Waals surface area contributed by atoms with Crippen LogP contribution in [-0.2, 0) is 24.4 Å². The van der Waals surface area contributed by atoms with Gasteiger partial charge in [-0.15, -0.1) is 0 Å². The van der Waals surface area contributed by atoms with Crippen LogP contribution in [0.1, 0.15) is 71.1 Å². The minimum absolute atomic E-state index is 0.105. The van der Waals surface area contributed by atoms with Gasteiger partial charge in [0.15, 0.2) is 0 Å². The van der Waals surface area contributed by atoms with E-state index in [0.29, 0.717) is 44.9 Å². The molecule has 0 aliphatic heterocycles. The van der Waals surface area contributed by atoms with Crippen LogP contribution in [0.3, 0.4) is 0 Å². The summed E-state index contributed by atoms with van der Waals surface area (Å²) in [6.45, 7) is 1.69. The van der Waals surface area contributed by atoms with Crippen LogP contribution >= 0.6 is 0 Å². The van der Waals surface area contributed by atoms with Crippen molar-refractivity contribution in [2.24, 2.45) is 11.3 Å². The highest BCUT2D eigenvalue weighted by Gasteiger charge is 2.45. The molecule has 0 radical (unpaired) electrons. The monoisotopic (exact) mass is 432 g/mol. The summed E-state index contributed by atoms with van der Waals surface area (Å²) in [5.74, 6) is -3.11. The Morgan fingerprint density at radius 2 is 1.76 bits per heavy atom. The van der Waals surface area contributed by atoms with Gasteiger partial charge in [-0.1, -0.05) is 26.2 Å². The van der Waals surface area contributed by atoms with Gasteiger partial charge in [-0.25, -0.2) is 13.1 Å². The molecule has 10 heteroatoms. The number of amides is 1. The first-order valence-electron chi connectivity index (χ1n) is 10.3. The van der Waals surface area contributed by atoms with Crippen molar-refractivity contribution in [2.75, 3.05) is 5.75 Å². The predicted octanol–water partition coefficient (Wildman–Crippen LogP) is 1.48. The van der Waals surface area contributed by atoms with Crippen molar-refractivity contribution < 1.29 is 33.0 Å². The molecule has 29 heavy (non-hydrogen) atoms. The largest absolute Gasteiger partial charge is 0.481 e. The number of carbonyl (C=O) groups excluding carboxylic acids is 1. The van der Waals surface area contributed by atoms with Crippen LogP contribution in [0.2, 0.25) is 0 Å². The molecule has 0 aromatic carbocycles.